The number of unbranched alkanes of at least 4 members (excludes halogenated alkanes) is 29. The SMILES string of the molecule is CCCCCCCCC/C=C\CCCCCC(=O)OC(/C=C/CCCCCCCCCCC)C(COP(=O)([O-])OCC[N+](C)(C)C)NC(=O)CCCCCCCCCCCCC. The van der Waals surface area contributed by atoms with Gasteiger partial charge < -0.3 is 28.5 Å². The monoisotopic (exact) mass is 897 g/mol. The molecule has 0 heterocycles. The predicted molar refractivity (Wildman–Crippen MR) is 261 cm³/mol. The number of hydrogen-bond acceptors (Lipinski definition) is 7. The summed E-state index contributed by atoms with van der Waals surface area (Å²) in [4.78, 5) is 39.6. The van der Waals surface area contributed by atoms with Gasteiger partial charge in [-0.2, -0.15) is 0 Å². The zero-order chi connectivity index (χ0) is 45.8. The number of amides is 1. The van der Waals surface area contributed by atoms with Gasteiger partial charge in [-0.05, 0) is 57.4 Å². The summed E-state index contributed by atoms with van der Waals surface area (Å²) in [6.07, 6.45) is 47.1. The number of nitrogens with zero attached hydrogens (tertiary/aromatic N) is 1. The van der Waals surface area contributed by atoms with Crippen molar-refractivity contribution in [1.29, 1.82) is 0 Å². The summed E-state index contributed by atoms with van der Waals surface area (Å²) in [5.41, 5.74) is 0. The number of likely N-dealkylation sites (N-methyl/N-ethyl adjacent to an activating group) is 1. The Hall–Kier alpha value is -1.51. The zero-order valence-corrected chi connectivity index (χ0v) is 42.5. The minimum atomic E-state index is -4.68. The molecule has 0 radical (unpaired) electrons. The molecule has 1 N–H and O–H groups in total. The Morgan fingerprint density at radius 3 is 1.39 bits per heavy atom. The summed E-state index contributed by atoms with van der Waals surface area (Å²) < 4.78 is 30.1. The Morgan fingerprint density at radius 1 is 0.548 bits per heavy atom. The van der Waals surface area contributed by atoms with E-state index in [-0.39, 0.29) is 31.5 Å². The molecular formula is C52H101N2O7P. The van der Waals surface area contributed by atoms with Gasteiger partial charge in [0.2, 0.25) is 5.91 Å². The van der Waals surface area contributed by atoms with Crippen LogP contribution in [-0.2, 0) is 27.9 Å². The average molecular weight is 897 g/mol. The molecule has 0 spiro atoms. The minimum Gasteiger partial charge on any atom is -0.756 e. The molecule has 0 rings (SSSR count). The Morgan fingerprint density at radius 2 is 0.935 bits per heavy atom. The molecule has 0 saturated heterocycles. The highest BCUT2D eigenvalue weighted by molar-refractivity contribution is 7.45. The van der Waals surface area contributed by atoms with E-state index in [2.05, 4.69) is 38.2 Å². The molecular weight excluding hydrogens is 796 g/mol. The summed E-state index contributed by atoms with van der Waals surface area (Å²) in [5.74, 6) is -0.555. The van der Waals surface area contributed by atoms with Crippen LogP contribution in [0.5, 0.6) is 0 Å². The Labute approximate surface area is 383 Å². The van der Waals surface area contributed by atoms with Gasteiger partial charge >= 0.3 is 5.97 Å². The van der Waals surface area contributed by atoms with Gasteiger partial charge in [-0.3, -0.25) is 14.2 Å². The fourth-order valence-corrected chi connectivity index (χ4v) is 8.24. The maximum atomic E-state index is 13.4. The highest BCUT2D eigenvalue weighted by Gasteiger charge is 2.27. The number of phosphoric ester groups is 1. The van der Waals surface area contributed by atoms with Crippen LogP contribution < -0.4 is 10.2 Å². The fraction of sp³-hybridized carbons (Fsp3) is 0.885. The van der Waals surface area contributed by atoms with Crippen molar-refractivity contribution in [2.45, 2.75) is 258 Å². The molecule has 3 atom stereocenters. The second-order valence-corrected chi connectivity index (χ2v) is 20.4. The fourth-order valence-electron chi connectivity index (χ4n) is 7.52. The third-order valence-electron chi connectivity index (χ3n) is 11.6. The van der Waals surface area contributed by atoms with Gasteiger partial charge in [0.25, 0.3) is 7.82 Å². The second kappa shape index (κ2) is 43.4. The average Bonchev–Trinajstić information content (AvgIpc) is 3.22. The highest BCUT2D eigenvalue weighted by Crippen LogP contribution is 2.38. The first kappa shape index (κ1) is 60.5. The number of rotatable bonds is 47. The first-order valence-electron chi connectivity index (χ1n) is 26.1. The number of nitrogens with one attached hydrogen (secondary N) is 1. The van der Waals surface area contributed by atoms with Crippen LogP contribution in [0.3, 0.4) is 0 Å². The van der Waals surface area contributed by atoms with Crippen LogP contribution in [0.2, 0.25) is 0 Å². The highest BCUT2D eigenvalue weighted by atomic mass is 31.2. The molecule has 0 aromatic carbocycles. The van der Waals surface area contributed by atoms with E-state index in [9.17, 15) is 19.0 Å². The van der Waals surface area contributed by atoms with Crippen LogP contribution in [0, 0.1) is 0 Å². The van der Waals surface area contributed by atoms with Gasteiger partial charge in [-0.25, -0.2) is 0 Å². The van der Waals surface area contributed by atoms with Gasteiger partial charge in [-0.15, -0.1) is 0 Å². The van der Waals surface area contributed by atoms with Crippen molar-refractivity contribution in [1.82, 2.24) is 5.32 Å². The lowest BCUT2D eigenvalue weighted by Gasteiger charge is -2.30. The van der Waals surface area contributed by atoms with Crippen LogP contribution in [0.4, 0.5) is 0 Å². The minimum absolute atomic E-state index is 0.0216. The molecule has 0 aliphatic carbocycles. The molecule has 0 fully saturated rings. The standard InChI is InChI=1S/C52H101N2O7P/c1-7-10-13-16-19-22-25-26-27-30-33-36-39-42-45-52(56)61-50(43-40-37-34-31-28-23-20-17-14-11-8-2)49(48-60-62(57,58)59-47-46-54(4,5)6)53-51(55)44-41-38-35-32-29-24-21-18-15-12-9-3/h27,30,40,43,49-50H,7-26,28-29,31-39,41-42,44-48H2,1-6H3,(H-,53,55,57,58)/b30-27-,43-40+. The third-order valence-corrected chi connectivity index (χ3v) is 12.6. The summed E-state index contributed by atoms with van der Waals surface area (Å²) in [6, 6.07) is -0.885. The molecule has 366 valence electrons. The van der Waals surface area contributed by atoms with E-state index in [1.807, 2.05) is 33.3 Å². The number of phosphoric acid groups is 1. The Bertz CT molecular complexity index is 1120. The van der Waals surface area contributed by atoms with Crippen molar-refractivity contribution < 1.29 is 37.3 Å². The van der Waals surface area contributed by atoms with Crippen LogP contribution in [0.15, 0.2) is 24.3 Å². The number of quaternary nitrogens is 1. The summed E-state index contributed by atoms with van der Waals surface area (Å²) in [5, 5.41) is 3.00. The van der Waals surface area contributed by atoms with Crippen molar-refractivity contribution in [2.24, 2.45) is 0 Å². The molecule has 3 unspecified atom stereocenters. The molecule has 0 aromatic heterocycles. The smallest absolute Gasteiger partial charge is 0.306 e. The molecule has 0 aliphatic rings. The van der Waals surface area contributed by atoms with Gasteiger partial charge in [0.15, 0.2) is 0 Å². The van der Waals surface area contributed by atoms with Crippen LogP contribution in [0.1, 0.15) is 245 Å². The summed E-state index contributed by atoms with van der Waals surface area (Å²) in [6.45, 7) is 6.81. The summed E-state index contributed by atoms with van der Waals surface area (Å²) >= 11 is 0. The van der Waals surface area contributed by atoms with Crippen molar-refractivity contribution in [3.8, 4) is 0 Å². The van der Waals surface area contributed by atoms with E-state index < -0.39 is 20.0 Å². The molecule has 62 heavy (non-hydrogen) atoms. The lowest BCUT2D eigenvalue weighted by atomic mass is 10.0. The van der Waals surface area contributed by atoms with Crippen LogP contribution in [-0.4, -0.2) is 69.4 Å². The maximum absolute atomic E-state index is 13.4. The van der Waals surface area contributed by atoms with Crippen LogP contribution in [0.25, 0.3) is 0 Å². The van der Waals surface area contributed by atoms with Gasteiger partial charge in [-0.1, -0.05) is 200 Å². The number of carbonyl (C=O) groups excluding carboxylic acids is 2. The molecule has 0 bridgehead atoms. The zero-order valence-electron chi connectivity index (χ0n) is 41.6. The lowest BCUT2D eigenvalue weighted by molar-refractivity contribution is -0.870. The number of carbonyl (C=O) groups is 2. The van der Waals surface area contributed by atoms with E-state index in [4.69, 9.17) is 13.8 Å². The molecule has 9 nitrogen and oxygen atoms in total. The molecule has 10 heteroatoms. The quantitative estimate of drug-likeness (QED) is 0.0213. The van der Waals surface area contributed by atoms with Gasteiger partial charge in [0.05, 0.1) is 33.8 Å². The first-order chi connectivity index (χ1) is 29.9. The largest absolute Gasteiger partial charge is 0.756 e. The number of allylic oxidation sites excluding steroid dienone is 3. The first-order valence-corrected chi connectivity index (χ1v) is 27.6. The van der Waals surface area contributed by atoms with Crippen molar-refractivity contribution in [2.75, 3.05) is 40.9 Å². The topological polar surface area (TPSA) is 114 Å². The van der Waals surface area contributed by atoms with Crippen molar-refractivity contribution in [3.63, 3.8) is 0 Å². The van der Waals surface area contributed by atoms with Crippen LogP contribution >= 0.6 is 7.82 Å². The predicted octanol–water partition coefficient (Wildman–Crippen LogP) is 14.4. The Kier molecular flexibility index (Phi) is 42.3. The molecule has 1 amide bonds. The van der Waals surface area contributed by atoms with E-state index >= 15 is 0 Å². The Balaban J connectivity index is 5.42. The number of hydrogen-bond donors (Lipinski definition) is 1. The van der Waals surface area contributed by atoms with Crippen molar-refractivity contribution >= 4 is 19.7 Å². The molecule has 0 aromatic rings. The normalized spacial score (nSPS) is 14.1. The molecule has 0 saturated carbocycles. The van der Waals surface area contributed by atoms with E-state index in [0.29, 0.717) is 23.9 Å². The van der Waals surface area contributed by atoms with E-state index in [0.717, 1.165) is 64.2 Å². The van der Waals surface area contributed by atoms with E-state index in [1.54, 1.807) is 0 Å². The maximum Gasteiger partial charge on any atom is 0.306 e. The number of esters is 1. The lowest BCUT2D eigenvalue weighted by Crippen LogP contribution is -2.47. The third kappa shape index (κ3) is 43.7. The summed E-state index contributed by atoms with van der Waals surface area (Å²) in [7, 11) is 1.18. The van der Waals surface area contributed by atoms with Gasteiger partial charge in [0.1, 0.15) is 19.3 Å². The molecule has 0 aliphatic heterocycles. The van der Waals surface area contributed by atoms with Gasteiger partial charge in [0, 0.05) is 12.8 Å². The second-order valence-electron chi connectivity index (χ2n) is 19.0. The van der Waals surface area contributed by atoms with Crippen molar-refractivity contribution in [3.05, 3.63) is 24.3 Å². The number of ether oxygens (including phenoxy) is 1. The van der Waals surface area contributed by atoms with E-state index in [1.165, 1.54) is 141 Å².